The molecule has 104 valence electrons. The molecular weight excluding hydrogens is 258 g/mol. The summed E-state index contributed by atoms with van der Waals surface area (Å²) in [7, 11) is 0. The predicted octanol–water partition coefficient (Wildman–Crippen LogP) is 2.13. The second kappa shape index (κ2) is 6.30. The summed E-state index contributed by atoms with van der Waals surface area (Å²) in [6.07, 6.45) is 6.59. The summed E-state index contributed by atoms with van der Waals surface area (Å²) in [4.78, 5) is 4.67. The van der Waals surface area contributed by atoms with Crippen LogP contribution in [-0.4, -0.2) is 27.2 Å². The van der Waals surface area contributed by atoms with E-state index < -0.39 is 0 Å². The molecule has 0 aromatic carbocycles. The average molecular weight is 279 g/mol. The Balaban J connectivity index is 2.22. The van der Waals surface area contributed by atoms with Crippen molar-refractivity contribution in [3.63, 3.8) is 0 Å². The van der Waals surface area contributed by atoms with Crippen molar-refractivity contribution < 1.29 is 5.11 Å². The van der Waals surface area contributed by atoms with E-state index in [1.807, 2.05) is 13.0 Å². The number of hydrogen-bond acceptors (Lipinski definition) is 4. The first kappa shape index (κ1) is 14.2. The fourth-order valence-corrected chi connectivity index (χ4v) is 2.87. The van der Waals surface area contributed by atoms with Gasteiger partial charge in [0.15, 0.2) is 0 Å². The van der Waals surface area contributed by atoms with E-state index >= 15 is 0 Å². The van der Waals surface area contributed by atoms with Gasteiger partial charge in [0.2, 0.25) is 0 Å². The number of anilines is 1. The maximum absolute atomic E-state index is 10.2. The van der Waals surface area contributed by atoms with Gasteiger partial charge in [-0.25, -0.2) is 4.98 Å². The van der Waals surface area contributed by atoms with E-state index in [2.05, 4.69) is 10.3 Å². The van der Waals surface area contributed by atoms with E-state index in [1.165, 1.54) is 6.42 Å². The molecule has 2 rings (SSSR count). The Morgan fingerprint density at radius 1 is 1.42 bits per heavy atom. The van der Waals surface area contributed by atoms with Crippen molar-refractivity contribution in [2.24, 2.45) is 5.73 Å². The first-order chi connectivity index (χ1) is 9.09. The Kier molecular flexibility index (Phi) is 4.71. The zero-order valence-electron chi connectivity index (χ0n) is 11.2. The molecule has 0 aliphatic heterocycles. The number of aliphatic hydroxyl groups is 1. The number of nitrogens with one attached hydrogen (secondary N) is 1. The maximum Gasteiger partial charge on any atom is 0.136 e. The van der Waals surface area contributed by atoms with E-state index in [-0.39, 0.29) is 12.1 Å². The van der Waals surface area contributed by atoms with Gasteiger partial charge in [-0.3, -0.25) is 0 Å². The summed E-state index contributed by atoms with van der Waals surface area (Å²) in [6, 6.07) is 1.92. The number of nitrogens with two attached hydrogens (primary N) is 1. The molecule has 19 heavy (non-hydrogen) atoms. The number of pyridine rings is 1. The highest BCUT2D eigenvalue weighted by Crippen LogP contribution is 2.23. The zero-order valence-corrected chi connectivity index (χ0v) is 12.0. The molecule has 2 unspecified atom stereocenters. The van der Waals surface area contributed by atoms with Gasteiger partial charge in [0.25, 0.3) is 0 Å². The lowest BCUT2D eigenvalue weighted by molar-refractivity contribution is 0.144. The monoisotopic (exact) mass is 279 g/mol. The molecule has 2 atom stereocenters. The third kappa shape index (κ3) is 3.42. The lowest BCUT2D eigenvalue weighted by atomic mass is 10.0. The topological polar surface area (TPSA) is 71.2 Å². The average Bonchev–Trinajstić information content (AvgIpc) is 2.54. The maximum atomic E-state index is 10.2. The molecule has 1 aliphatic carbocycles. The number of thiocarbonyl (C=S) groups is 1. The summed E-state index contributed by atoms with van der Waals surface area (Å²) in [5.74, 6) is 0.693. The van der Waals surface area contributed by atoms with Crippen molar-refractivity contribution in [2.45, 2.75) is 51.2 Å². The standard InChI is InChI=1S/C14H21N3OS/c1-9-7-8-16-14(12(9)13(15)19)17-10-5-3-2-4-6-11(10)18/h7-8,10-11,18H,2-6H2,1H3,(H2,15,19)(H,16,17). The van der Waals surface area contributed by atoms with Crippen LogP contribution in [0.2, 0.25) is 0 Å². The predicted molar refractivity (Wildman–Crippen MR) is 81.4 cm³/mol. The molecule has 1 aliphatic rings. The fourth-order valence-electron chi connectivity index (χ4n) is 2.61. The van der Waals surface area contributed by atoms with Crippen LogP contribution in [0, 0.1) is 6.92 Å². The molecule has 0 spiro atoms. The highest BCUT2D eigenvalue weighted by atomic mass is 32.1. The van der Waals surface area contributed by atoms with Crippen LogP contribution in [0.3, 0.4) is 0 Å². The van der Waals surface area contributed by atoms with Crippen LogP contribution >= 0.6 is 12.2 Å². The molecule has 4 nitrogen and oxygen atoms in total. The van der Waals surface area contributed by atoms with Gasteiger partial charge < -0.3 is 16.2 Å². The van der Waals surface area contributed by atoms with Gasteiger partial charge in [-0.2, -0.15) is 0 Å². The Morgan fingerprint density at radius 3 is 2.89 bits per heavy atom. The zero-order chi connectivity index (χ0) is 13.8. The summed E-state index contributed by atoms with van der Waals surface area (Å²) in [6.45, 7) is 1.96. The van der Waals surface area contributed by atoms with Crippen LogP contribution in [0.4, 0.5) is 5.82 Å². The minimum atomic E-state index is -0.330. The van der Waals surface area contributed by atoms with Crippen LogP contribution < -0.4 is 11.1 Å². The third-order valence-corrected chi connectivity index (χ3v) is 3.91. The minimum absolute atomic E-state index is 0.0323. The van der Waals surface area contributed by atoms with E-state index in [9.17, 15) is 5.11 Å². The quantitative estimate of drug-likeness (QED) is 0.584. The summed E-state index contributed by atoms with van der Waals surface area (Å²) in [5.41, 5.74) is 7.57. The number of aryl methyl sites for hydroxylation is 1. The van der Waals surface area contributed by atoms with E-state index in [0.717, 1.165) is 36.8 Å². The molecule has 5 heteroatoms. The summed E-state index contributed by atoms with van der Waals surface area (Å²) >= 11 is 5.10. The first-order valence-electron chi connectivity index (χ1n) is 6.79. The highest BCUT2D eigenvalue weighted by molar-refractivity contribution is 7.80. The number of rotatable bonds is 3. The molecule has 0 bridgehead atoms. The first-order valence-corrected chi connectivity index (χ1v) is 7.20. The number of aliphatic hydroxyl groups excluding tert-OH is 1. The van der Waals surface area contributed by atoms with Crippen molar-refractivity contribution in [3.8, 4) is 0 Å². The molecular formula is C14H21N3OS. The smallest absolute Gasteiger partial charge is 0.136 e. The fraction of sp³-hybridized carbons (Fsp3) is 0.571. The molecule has 1 aromatic rings. The molecule has 1 fully saturated rings. The van der Waals surface area contributed by atoms with Crippen molar-refractivity contribution in [3.05, 3.63) is 23.4 Å². The van der Waals surface area contributed by atoms with Gasteiger partial charge in [0, 0.05) is 6.20 Å². The van der Waals surface area contributed by atoms with E-state index in [0.29, 0.717) is 10.8 Å². The lowest BCUT2D eigenvalue weighted by Crippen LogP contribution is -2.33. The minimum Gasteiger partial charge on any atom is -0.391 e. The largest absolute Gasteiger partial charge is 0.391 e. The van der Waals surface area contributed by atoms with Crippen LogP contribution in [0.25, 0.3) is 0 Å². The molecule has 1 aromatic heterocycles. The molecule has 0 amide bonds. The van der Waals surface area contributed by atoms with Gasteiger partial charge >= 0.3 is 0 Å². The Labute approximate surface area is 119 Å². The Bertz CT molecular complexity index is 464. The summed E-state index contributed by atoms with van der Waals surface area (Å²) < 4.78 is 0. The number of nitrogens with zero attached hydrogens (tertiary/aromatic N) is 1. The van der Waals surface area contributed by atoms with Gasteiger partial charge in [-0.1, -0.05) is 31.5 Å². The van der Waals surface area contributed by atoms with Gasteiger partial charge in [0.05, 0.1) is 17.7 Å². The molecule has 0 radical (unpaired) electrons. The molecule has 0 saturated heterocycles. The molecule has 4 N–H and O–H groups in total. The molecule has 1 saturated carbocycles. The second-order valence-electron chi connectivity index (χ2n) is 5.17. The highest BCUT2D eigenvalue weighted by Gasteiger charge is 2.23. The SMILES string of the molecule is Cc1ccnc(NC2CCCCCC2O)c1C(N)=S. The van der Waals surface area contributed by atoms with Gasteiger partial charge in [0.1, 0.15) is 10.8 Å². The van der Waals surface area contributed by atoms with Crippen molar-refractivity contribution in [1.29, 1.82) is 0 Å². The Morgan fingerprint density at radius 2 is 2.16 bits per heavy atom. The molecule has 1 heterocycles. The Hall–Kier alpha value is -1.20. The van der Waals surface area contributed by atoms with Crippen LogP contribution in [0.15, 0.2) is 12.3 Å². The summed E-state index contributed by atoms with van der Waals surface area (Å²) in [5, 5.41) is 13.5. The van der Waals surface area contributed by atoms with Gasteiger partial charge in [-0.15, -0.1) is 0 Å². The normalized spacial score (nSPS) is 23.7. The van der Waals surface area contributed by atoms with E-state index in [4.69, 9.17) is 18.0 Å². The van der Waals surface area contributed by atoms with Crippen molar-refractivity contribution in [2.75, 3.05) is 5.32 Å². The number of hydrogen-bond donors (Lipinski definition) is 3. The lowest BCUT2D eigenvalue weighted by Gasteiger charge is -2.24. The second-order valence-corrected chi connectivity index (χ2v) is 5.61. The van der Waals surface area contributed by atoms with Crippen LogP contribution in [0.1, 0.15) is 43.2 Å². The van der Waals surface area contributed by atoms with Crippen LogP contribution in [0.5, 0.6) is 0 Å². The van der Waals surface area contributed by atoms with Crippen molar-refractivity contribution >= 4 is 23.0 Å². The van der Waals surface area contributed by atoms with Crippen molar-refractivity contribution in [1.82, 2.24) is 4.98 Å². The third-order valence-electron chi connectivity index (χ3n) is 3.71. The number of aromatic nitrogens is 1. The van der Waals surface area contributed by atoms with Crippen LogP contribution in [-0.2, 0) is 0 Å². The van der Waals surface area contributed by atoms with Gasteiger partial charge in [-0.05, 0) is 31.4 Å². The van der Waals surface area contributed by atoms with E-state index in [1.54, 1.807) is 6.20 Å².